The molecule has 0 aliphatic heterocycles. The molecule has 0 bridgehead atoms. The summed E-state index contributed by atoms with van der Waals surface area (Å²) in [5, 5.41) is 0. The zero-order valence-corrected chi connectivity index (χ0v) is 26.6. The van der Waals surface area contributed by atoms with E-state index in [1.165, 1.54) is 122 Å². The van der Waals surface area contributed by atoms with Crippen LogP contribution in [0.2, 0.25) is 0 Å². The quantitative estimate of drug-likeness (QED) is 0.0972. The molecule has 0 heterocycles. The molecule has 1 atom stereocenters. The first-order valence-electron chi connectivity index (χ1n) is 14.7. The van der Waals surface area contributed by atoms with Crippen LogP contribution < -0.4 is 0 Å². The van der Waals surface area contributed by atoms with Gasteiger partial charge in [-0.05, 0) is 44.1 Å². The van der Waals surface area contributed by atoms with Crippen LogP contribution in [0.4, 0.5) is 0 Å². The number of benzene rings is 1. The number of unbranched alkanes of at least 4 members (excludes halogenated alkanes) is 15. The smallest absolute Gasteiger partial charge is 0.0842 e. The fourth-order valence-electron chi connectivity index (χ4n) is 5.23. The summed E-state index contributed by atoms with van der Waals surface area (Å²) in [4.78, 5) is 0. The fraction of sp³-hybridized carbons (Fsp3) is 0.806. The molecule has 0 saturated heterocycles. The van der Waals surface area contributed by atoms with Crippen LogP contribution in [-0.2, 0) is 6.16 Å². The van der Waals surface area contributed by atoms with E-state index in [2.05, 4.69) is 51.1 Å². The van der Waals surface area contributed by atoms with E-state index < -0.39 is 7.26 Å². The minimum absolute atomic E-state index is 0. The normalized spacial score (nSPS) is 11.1. The largest absolute Gasteiger partial charge is 0.153 e. The molecule has 202 valence electrons. The Kier molecular flexibility index (Phi) is 28.4. The molecule has 1 aromatic rings. The molecule has 0 nitrogen and oxygen atoms in total. The van der Waals surface area contributed by atoms with Crippen molar-refractivity contribution in [3.05, 3.63) is 35.9 Å². The lowest BCUT2D eigenvalue weighted by molar-refractivity contribution is 0.615. The van der Waals surface area contributed by atoms with E-state index in [-0.39, 0.29) is 22.3 Å². The van der Waals surface area contributed by atoms with Crippen molar-refractivity contribution in [2.45, 2.75) is 143 Å². The van der Waals surface area contributed by atoms with Crippen molar-refractivity contribution in [2.24, 2.45) is 0 Å². The van der Waals surface area contributed by atoms with Crippen LogP contribution in [-0.4, -0.2) is 18.5 Å². The Balaban J connectivity index is 0. The predicted molar refractivity (Wildman–Crippen MR) is 170 cm³/mol. The lowest BCUT2D eigenvalue weighted by atomic mass is 10.1. The maximum atomic E-state index is 2.42. The summed E-state index contributed by atoms with van der Waals surface area (Å²) in [6.07, 6.45) is 32.2. The summed E-state index contributed by atoms with van der Waals surface area (Å²) in [7, 11) is -0.885. The van der Waals surface area contributed by atoms with Crippen molar-refractivity contribution in [2.75, 3.05) is 18.5 Å². The van der Waals surface area contributed by atoms with Gasteiger partial charge in [0.25, 0.3) is 0 Å². The zero-order valence-electron chi connectivity index (χ0n) is 23.5. The molecule has 0 saturated carbocycles. The molecule has 0 radical (unpaired) electrons. The summed E-state index contributed by atoms with van der Waals surface area (Å²) >= 11 is 0. The van der Waals surface area contributed by atoms with E-state index >= 15 is 0 Å². The van der Waals surface area contributed by atoms with Gasteiger partial charge in [-0.15, -0.1) is 12.4 Å². The van der Waals surface area contributed by atoms with Crippen molar-refractivity contribution in [1.29, 1.82) is 0 Å². The summed E-state index contributed by atoms with van der Waals surface area (Å²) in [6, 6.07) is 11.6. The summed E-state index contributed by atoms with van der Waals surface area (Å²) < 4.78 is 0. The van der Waals surface area contributed by atoms with Crippen LogP contribution >= 0.6 is 29.6 Å². The Labute approximate surface area is 226 Å². The molecular weight excluding hydrogens is 470 g/mol. The van der Waals surface area contributed by atoms with Crippen molar-refractivity contribution in [3.8, 4) is 0 Å². The Morgan fingerprint density at radius 1 is 0.471 bits per heavy atom. The van der Waals surface area contributed by atoms with Gasteiger partial charge in [-0.2, -0.15) is 9.90 Å². The molecule has 0 aliphatic rings. The third-order valence-electron chi connectivity index (χ3n) is 7.32. The molecule has 0 amide bonds. The van der Waals surface area contributed by atoms with Gasteiger partial charge < -0.3 is 0 Å². The van der Waals surface area contributed by atoms with E-state index in [9.17, 15) is 0 Å². The highest BCUT2D eigenvalue weighted by Crippen LogP contribution is 2.63. The van der Waals surface area contributed by atoms with Crippen LogP contribution in [0, 0.1) is 0 Å². The molecule has 1 rings (SSSR count). The number of rotatable bonds is 23. The van der Waals surface area contributed by atoms with Crippen molar-refractivity contribution >= 4 is 29.6 Å². The van der Waals surface area contributed by atoms with Gasteiger partial charge >= 0.3 is 0 Å². The van der Waals surface area contributed by atoms with Crippen LogP contribution in [0.1, 0.15) is 142 Å². The summed E-state index contributed by atoms with van der Waals surface area (Å²) in [6.45, 7) is 6.99. The predicted octanol–water partition coefficient (Wildman–Crippen LogP) is 11.8. The first-order valence-corrected chi connectivity index (χ1v) is 17.2. The second kappa shape index (κ2) is 26.4. The number of hydrogen-bond acceptors (Lipinski definition) is 0. The molecule has 1 unspecified atom stereocenters. The van der Waals surface area contributed by atoms with Crippen LogP contribution in [0.3, 0.4) is 0 Å². The van der Waals surface area contributed by atoms with Crippen molar-refractivity contribution in [3.63, 3.8) is 0 Å². The monoisotopic (exact) mass is 531 g/mol. The third-order valence-corrected chi connectivity index (χ3v) is 12.1. The van der Waals surface area contributed by atoms with Crippen molar-refractivity contribution < 1.29 is 0 Å². The molecule has 0 aromatic heterocycles. The molecular formula is C31H62ClP2+. The Bertz CT molecular complexity index is 465. The average molecular weight is 532 g/mol. The number of halogens is 1. The minimum atomic E-state index is -0.885. The van der Waals surface area contributed by atoms with Gasteiger partial charge in [0.2, 0.25) is 0 Å². The molecule has 0 N–H and O–H groups in total. The van der Waals surface area contributed by atoms with Gasteiger partial charge in [0.1, 0.15) is 0 Å². The van der Waals surface area contributed by atoms with Crippen LogP contribution in [0.25, 0.3) is 0 Å². The van der Waals surface area contributed by atoms with E-state index in [1.54, 1.807) is 24.0 Å². The van der Waals surface area contributed by atoms with Gasteiger partial charge in [0, 0.05) is 7.26 Å². The maximum absolute atomic E-state index is 2.42. The standard InChI is InChI=1S/C31H58P.ClH.H3P/c1-4-7-10-13-16-22-27-32(28-23-17-14-11-8-5-2,29-24-18-15-12-9-6-3)30-31-25-20-19-21-26-31;;/h19-21,25-26H,4-18,22-24,27-30H2,1-3H3;1H;1H3/q+1;;. The first-order chi connectivity index (χ1) is 15.8. The summed E-state index contributed by atoms with van der Waals surface area (Å²) in [5.41, 5.74) is 1.63. The highest BCUT2D eigenvalue weighted by atomic mass is 35.5. The fourth-order valence-corrected chi connectivity index (χ4v) is 10.0. The second-order valence-corrected chi connectivity index (χ2v) is 14.8. The van der Waals surface area contributed by atoms with Crippen LogP contribution in [0.15, 0.2) is 30.3 Å². The molecule has 1 aromatic carbocycles. The molecule has 34 heavy (non-hydrogen) atoms. The lowest BCUT2D eigenvalue weighted by Gasteiger charge is -2.28. The number of hydrogen-bond donors (Lipinski definition) is 0. The van der Waals surface area contributed by atoms with Gasteiger partial charge in [-0.25, -0.2) is 0 Å². The first kappa shape index (κ1) is 36.5. The third kappa shape index (κ3) is 19.5. The lowest BCUT2D eigenvalue weighted by Crippen LogP contribution is -2.12. The molecule has 0 spiro atoms. The molecule has 0 aliphatic carbocycles. The van der Waals surface area contributed by atoms with Crippen molar-refractivity contribution in [1.82, 2.24) is 0 Å². The topological polar surface area (TPSA) is 0 Å². The van der Waals surface area contributed by atoms with Gasteiger partial charge in [-0.3, -0.25) is 0 Å². The summed E-state index contributed by atoms with van der Waals surface area (Å²) in [5.74, 6) is 0. The van der Waals surface area contributed by atoms with Crippen LogP contribution in [0.5, 0.6) is 0 Å². The van der Waals surface area contributed by atoms with E-state index in [1.807, 2.05) is 0 Å². The zero-order chi connectivity index (χ0) is 23.2. The average Bonchev–Trinajstić information content (AvgIpc) is 2.81. The van der Waals surface area contributed by atoms with Gasteiger partial charge in [0.05, 0.1) is 24.6 Å². The highest BCUT2D eigenvalue weighted by Gasteiger charge is 2.35. The SMILES string of the molecule is CCCCCCCC[P+](CCCCCCCC)(CCCCCCCC)Cc1ccccc1.Cl.P. The minimum Gasteiger partial charge on any atom is -0.153 e. The second-order valence-electron chi connectivity index (χ2n) is 10.5. The molecule has 3 heteroatoms. The van der Waals surface area contributed by atoms with E-state index in [0.29, 0.717) is 0 Å². The van der Waals surface area contributed by atoms with E-state index in [4.69, 9.17) is 0 Å². The Morgan fingerprint density at radius 2 is 0.794 bits per heavy atom. The van der Waals surface area contributed by atoms with Gasteiger partial charge in [-0.1, -0.05) is 128 Å². The van der Waals surface area contributed by atoms with E-state index in [0.717, 1.165) is 0 Å². The highest BCUT2D eigenvalue weighted by molar-refractivity contribution is 7.75. The van der Waals surface area contributed by atoms with Gasteiger partial charge in [0.15, 0.2) is 0 Å². The Morgan fingerprint density at radius 3 is 1.15 bits per heavy atom. The Hall–Kier alpha value is 0.370. The maximum Gasteiger partial charge on any atom is 0.0842 e. The molecule has 0 fully saturated rings.